The summed E-state index contributed by atoms with van der Waals surface area (Å²) in [6.07, 6.45) is 1.66. The van der Waals surface area contributed by atoms with Gasteiger partial charge in [0.05, 0.1) is 6.04 Å². The van der Waals surface area contributed by atoms with Gasteiger partial charge in [-0.25, -0.2) is 4.98 Å². The number of nitrogens with zero attached hydrogens (tertiary/aromatic N) is 2. The summed E-state index contributed by atoms with van der Waals surface area (Å²) in [4.78, 5) is 30.8. The Morgan fingerprint density at radius 3 is 2.32 bits per heavy atom. The maximum atomic E-state index is 13.4. The number of benzene rings is 3. The molecular formula is C30H29N3O4. The van der Waals surface area contributed by atoms with Crippen LogP contribution in [0.3, 0.4) is 0 Å². The summed E-state index contributed by atoms with van der Waals surface area (Å²) in [6, 6.07) is 29.6. The van der Waals surface area contributed by atoms with Crippen LogP contribution in [0.2, 0.25) is 0 Å². The molecule has 0 aliphatic heterocycles. The van der Waals surface area contributed by atoms with Gasteiger partial charge in [-0.15, -0.1) is 0 Å². The lowest BCUT2D eigenvalue weighted by molar-refractivity contribution is -0.136. The summed E-state index contributed by atoms with van der Waals surface area (Å²) in [5, 5.41) is 2.80. The molecule has 4 rings (SSSR count). The highest BCUT2D eigenvalue weighted by Gasteiger charge is 2.23. The molecule has 0 saturated carbocycles. The first kappa shape index (κ1) is 25.4. The fraction of sp³-hybridized carbons (Fsp3) is 0.167. The lowest BCUT2D eigenvalue weighted by Gasteiger charge is -2.30. The van der Waals surface area contributed by atoms with E-state index in [-0.39, 0.29) is 24.5 Å². The summed E-state index contributed by atoms with van der Waals surface area (Å²) in [7, 11) is 0. The van der Waals surface area contributed by atoms with Gasteiger partial charge < -0.3 is 19.7 Å². The Bertz CT molecular complexity index is 1310. The van der Waals surface area contributed by atoms with Crippen LogP contribution in [0.25, 0.3) is 0 Å². The predicted molar refractivity (Wildman–Crippen MR) is 142 cm³/mol. The zero-order valence-electron chi connectivity index (χ0n) is 20.8. The van der Waals surface area contributed by atoms with Crippen molar-refractivity contribution in [3.63, 3.8) is 0 Å². The van der Waals surface area contributed by atoms with Gasteiger partial charge >= 0.3 is 0 Å². The molecule has 0 aliphatic carbocycles. The van der Waals surface area contributed by atoms with Crippen molar-refractivity contribution in [3.05, 3.63) is 114 Å². The van der Waals surface area contributed by atoms with Crippen LogP contribution < -0.4 is 14.8 Å². The Hall–Kier alpha value is -4.65. The normalized spacial score (nSPS) is 11.3. The number of amides is 2. The summed E-state index contributed by atoms with van der Waals surface area (Å²) in [6.45, 7) is 3.74. The first-order valence-corrected chi connectivity index (χ1v) is 12.0. The van der Waals surface area contributed by atoms with Gasteiger partial charge in [-0.1, -0.05) is 48.5 Å². The Balaban J connectivity index is 1.45. The number of carbonyl (C=O) groups is 2. The minimum Gasteiger partial charge on any atom is -0.484 e. The largest absolute Gasteiger partial charge is 0.484 e. The molecule has 0 fully saturated rings. The van der Waals surface area contributed by atoms with E-state index < -0.39 is 0 Å². The standard InChI is InChI=1S/C30H29N3O4/c1-22(25-11-8-12-26(19-25)32-23(2)34)33(20-24-9-4-3-5-10-24)30(35)21-36-27-14-16-28(17-15-27)37-29-13-6-7-18-31-29/h3-19,22H,20-21H2,1-2H3,(H,32,34). The average molecular weight is 496 g/mol. The van der Waals surface area contributed by atoms with E-state index in [1.807, 2.05) is 73.7 Å². The maximum absolute atomic E-state index is 13.4. The second-order valence-corrected chi connectivity index (χ2v) is 8.52. The molecule has 0 saturated heterocycles. The van der Waals surface area contributed by atoms with Crippen LogP contribution in [0.4, 0.5) is 5.69 Å². The number of hydrogen-bond donors (Lipinski definition) is 1. The summed E-state index contributed by atoms with van der Waals surface area (Å²) in [5.74, 6) is 1.37. The number of aromatic nitrogens is 1. The molecule has 3 aromatic carbocycles. The molecule has 1 aromatic heterocycles. The average Bonchev–Trinajstić information content (AvgIpc) is 2.92. The van der Waals surface area contributed by atoms with Crippen LogP contribution in [0.1, 0.15) is 31.0 Å². The second-order valence-electron chi connectivity index (χ2n) is 8.52. The van der Waals surface area contributed by atoms with Crippen molar-refractivity contribution in [2.24, 2.45) is 0 Å². The molecule has 4 aromatic rings. The van der Waals surface area contributed by atoms with Crippen molar-refractivity contribution >= 4 is 17.5 Å². The molecule has 0 aliphatic rings. The third-order valence-corrected chi connectivity index (χ3v) is 5.72. The van der Waals surface area contributed by atoms with Crippen LogP contribution in [-0.2, 0) is 16.1 Å². The SMILES string of the molecule is CC(=O)Nc1cccc(C(C)N(Cc2ccccc2)C(=O)COc2ccc(Oc3ccccn3)cc2)c1. The minimum atomic E-state index is -0.251. The van der Waals surface area contributed by atoms with Gasteiger partial charge in [-0.3, -0.25) is 9.59 Å². The van der Waals surface area contributed by atoms with E-state index in [0.717, 1.165) is 11.1 Å². The first-order valence-electron chi connectivity index (χ1n) is 12.0. The first-order chi connectivity index (χ1) is 18.0. The van der Waals surface area contributed by atoms with Crippen molar-refractivity contribution in [2.45, 2.75) is 26.4 Å². The fourth-order valence-corrected chi connectivity index (χ4v) is 3.84. The quantitative estimate of drug-likeness (QED) is 0.292. The van der Waals surface area contributed by atoms with Crippen molar-refractivity contribution < 1.29 is 19.1 Å². The van der Waals surface area contributed by atoms with E-state index in [0.29, 0.717) is 29.6 Å². The van der Waals surface area contributed by atoms with Gasteiger partial charge in [0.15, 0.2) is 6.61 Å². The second kappa shape index (κ2) is 12.4. The number of nitrogens with one attached hydrogen (secondary N) is 1. The molecular weight excluding hydrogens is 466 g/mol. The van der Waals surface area contributed by atoms with Crippen LogP contribution in [0.15, 0.2) is 103 Å². The number of rotatable bonds is 10. The Morgan fingerprint density at radius 2 is 1.62 bits per heavy atom. The van der Waals surface area contributed by atoms with E-state index in [4.69, 9.17) is 9.47 Å². The van der Waals surface area contributed by atoms with Crippen molar-refractivity contribution in [1.82, 2.24) is 9.88 Å². The number of pyridine rings is 1. The number of ether oxygens (including phenoxy) is 2. The maximum Gasteiger partial charge on any atom is 0.261 e. The number of anilines is 1. The van der Waals surface area contributed by atoms with E-state index >= 15 is 0 Å². The molecule has 1 heterocycles. The van der Waals surface area contributed by atoms with Gasteiger partial charge in [0.2, 0.25) is 11.8 Å². The highest BCUT2D eigenvalue weighted by atomic mass is 16.5. The van der Waals surface area contributed by atoms with Crippen molar-refractivity contribution in [1.29, 1.82) is 0 Å². The smallest absolute Gasteiger partial charge is 0.261 e. The molecule has 7 nitrogen and oxygen atoms in total. The van der Waals surface area contributed by atoms with Crippen LogP contribution >= 0.6 is 0 Å². The molecule has 0 bridgehead atoms. The van der Waals surface area contributed by atoms with Gasteiger partial charge in [0.25, 0.3) is 5.91 Å². The lowest BCUT2D eigenvalue weighted by Crippen LogP contribution is -2.36. The van der Waals surface area contributed by atoms with E-state index in [2.05, 4.69) is 10.3 Å². The van der Waals surface area contributed by atoms with E-state index in [1.165, 1.54) is 6.92 Å². The number of hydrogen-bond acceptors (Lipinski definition) is 5. The van der Waals surface area contributed by atoms with E-state index in [9.17, 15) is 9.59 Å². The highest BCUT2D eigenvalue weighted by molar-refractivity contribution is 5.88. The molecule has 1 unspecified atom stereocenters. The van der Waals surface area contributed by atoms with Crippen molar-refractivity contribution in [2.75, 3.05) is 11.9 Å². The zero-order chi connectivity index (χ0) is 26.0. The topological polar surface area (TPSA) is 80.8 Å². The highest BCUT2D eigenvalue weighted by Crippen LogP contribution is 2.26. The van der Waals surface area contributed by atoms with Gasteiger partial charge in [0.1, 0.15) is 11.5 Å². The van der Waals surface area contributed by atoms with Gasteiger partial charge in [-0.2, -0.15) is 0 Å². The predicted octanol–water partition coefficient (Wildman–Crippen LogP) is 6.00. The number of carbonyl (C=O) groups excluding carboxylic acids is 2. The molecule has 37 heavy (non-hydrogen) atoms. The fourth-order valence-electron chi connectivity index (χ4n) is 3.84. The van der Waals surface area contributed by atoms with Gasteiger partial charge in [-0.05, 0) is 60.5 Å². The van der Waals surface area contributed by atoms with E-state index in [1.54, 1.807) is 41.4 Å². The van der Waals surface area contributed by atoms with Crippen LogP contribution in [0, 0.1) is 0 Å². The third kappa shape index (κ3) is 7.41. The third-order valence-electron chi connectivity index (χ3n) is 5.72. The summed E-state index contributed by atoms with van der Waals surface area (Å²) >= 11 is 0. The molecule has 188 valence electrons. The molecule has 2 amide bonds. The molecule has 1 N–H and O–H groups in total. The molecule has 1 atom stereocenters. The monoisotopic (exact) mass is 495 g/mol. The summed E-state index contributed by atoms with van der Waals surface area (Å²) in [5.41, 5.74) is 2.61. The Morgan fingerprint density at radius 1 is 0.892 bits per heavy atom. The van der Waals surface area contributed by atoms with Crippen molar-refractivity contribution in [3.8, 4) is 17.4 Å². The van der Waals surface area contributed by atoms with Gasteiger partial charge in [0, 0.05) is 31.4 Å². The zero-order valence-corrected chi connectivity index (χ0v) is 20.8. The molecule has 7 heteroatoms. The molecule has 0 spiro atoms. The van der Waals surface area contributed by atoms with Crippen LogP contribution in [0.5, 0.6) is 17.4 Å². The lowest BCUT2D eigenvalue weighted by atomic mass is 10.0. The minimum absolute atomic E-state index is 0.122. The van der Waals surface area contributed by atoms with Crippen LogP contribution in [-0.4, -0.2) is 28.3 Å². The Labute approximate surface area is 216 Å². The molecule has 0 radical (unpaired) electrons. The summed E-state index contributed by atoms with van der Waals surface area (Å²) < 4.78 is 11.5. The Kier molecular flexibility index (Phi) is 8.49.